The minimum atomic E-state index is -0.637. The molecular formula is C22H26ClN3O2S. The topological polar surface area (TPSA) is 61.4 Å². The van der Waals surface area contributed by atoms with Gasteiger partial charge in [0.2, 0.25) is 5.91 Å². The molecular weight excluding hydrogens is 406 g/mol. The Kier molecular flexibility index (Phi) is 7.45. The van der Waals surface area contributed by atoms with Crippen LogP contribution in [0.1, 0.15) is 29.3 Å². The molecule has 0 aliphatic carbocycles. The number of benzene rings is 2. The number of hydrogen-bond donors (Lipinski definition) is 2. The zero-order chi connectivity index (χ0) is 20.8. The summed E-state index contributed by atoms with van der Waals surface area (Å²) in [7, 11) is 0. The van der Waals surface area contributed by atoms with Crippen molar-refractivity contribution in [3.8, 4) is 0 Å². The first-order valence-electron chi connectivity index (χ1n) is 9.76. The molecule has 0 saturated heterocycles. The number of rotatable bonds is 8. The molecule has 2 N–H and O–H groups in total. The second-order valence-corrected chi connectivity index (χ2v) is 8.34. The van der Waals surface area contributed by atoms with Gasteiger partial charge in [-0.1, -0.05) is 29.8 Å². The summed E-state index contributed by atoms with van der Waals surface area (Å²) in [5, 5.41) is 6.18. The van der Waals surface area contributed by atoms with Crippen LogP contribution in [0.5, 0.6) is 0 Å². The maximum atomic E-state index is 12.9. The summed E-state index contributed by atoms with van der Waals surface area (Å²) in [5.74, 6) is 0.192. The highest BCUT2D eigenvalue weighted by Crippen LogP contribution is 2.30. The molecule has 2 amide bonds. The van der Waals surface area contributed by atoms with Crippen molar-refractivity contribution in [1.29, 1.82) is 0 Å². The second-order valence-electron chi connectivity index (χ2n) is 6.95. The quantitative estimate of drug-likeness (QED) is 0.657. The van der Waals surface area contributed by atoms with E-state index >= 15 is 0 Å². The number of nitrogens with one attached hydrogen (secondary N) is 2. The zero-order valence-corrected chi connectivity index (χ0v) is 18.3. The van der Waals surface area contributed by atoms with E-state index in [0.717, 1.165) is 31.0 Å². The fourth-order valence-corrected chi connectivity index (χ4v) is 4.16. The third-order valence-electron chi connectivity index (χ3n) is 5.08. The highest BCUT2D eigenvalue weighted by molar-refractivity contribution is 7.98. The maximum Gasteiger partial charge on any atom is 0.253 e. The van der Waals surface area contributed by atoms with Crippen LogP contribution in [0.3, 0.4) is 0 Å². The molecule has 7 heteroatoms. The van der Waals surface area contributed by atoms with Gasteiger partial charge in [-0.2, -0.15) is 11.8 Å². The van der Waals surface area contributed by atoms with Crippen LogP contribution in [0.15, 0.2) is 42.5 Å². The largest absolute Gasteiger partial charge is 0.371 e. The summed E-state index contributed by atoms with van der Waals surface area (Å²) in [4.78, 5) is 27.9. The molecule has 1 heterocycles. The number of carbonyl (C=O) groups is 2. The predicted octanol–water partition coefficient (Wildman–Crippen LogP) is 4.21. The lowest BCUT2D eigenvalue weighted by Gasteiger charge is -2.20. The SMILES string of the molecule is CCN1CCc2ccc(NC(=O)C(CCSC)NC(=O)c3ccccc3Cl)cc21. The Balaban J connectivity index is 1.72. The molecule has 0 fully saturated rings. The number of carbonyl (C=O) groups excluding carboxylic acids is 2. The molecule has 0 aromatic heterocycles. The summed E-state index contributed by atoms with van der Waals surface area (Å²) in [6, 6.07) is 12.2. The van der Waals surface area contributed by atoms with Gasteiger partial charge in [-0.25, -0.2) is 0 Å². The van der Waals surface area contributed by atoms with Crippen LogP contribution in [-0.2, 0) is 11.2 Å². The fourth-order valence-electron chi connectivity index (χ4n) is 3.47. The number of thioether (sulfide) groups is 1. The normalized spacial score (nSPS) is 13.7. The average Bonchev–Trinajstić information content (AvgIpc) is 3.13. The van der Waals surface area contributed by atoms with Gasteiger partial charge in [0, 0.05) is 24.5 Å². The molecule has 1 unspecified atom stereocenters. The molecule has 0 bridgehead atoms. The van der Waals surface area contributed by atoms with Crippen molar-refractivity contribution in [3.05, 3.63) is 58.6 Å². The van der Waals surface area contributed by atoms with Crippen molar-refractivity contribution in [2.75, 3.05) is 35.3 Å². The monoisotopic (exact) mass is 431 g/mol. The highest BCUT2D eigenvalue weighted by atomic mass is 35.5. The Morgan fingerprint density at radius 3 is 2.76 bits per heavy atom. The number of nitrogens with zero attached hydrogens (tertiary/aromatic N) is 1. The lowest BCUT2D eigenvalue weighted by atomic mass is 10.1. The van der Waals surface area contributed by atoms with Crippen LogP contribution in [-0.4, -0.2) is 43.0 Å². The fraction of sp³-hybridized carbons (Fsp3) is 0.364. The maximum absolute atomic E-state index is 12.9. The van der Waals surface area contributed by atoms with E-state index < -0.39 is 6.04 Å². The Morgan fingerprint density at radius 1 is 1.24 bits per heavy atom. The summed E-state index contributed by atoms with van der Waals surface area (Å²) in [6.45, 7) is 4.07. The van der Waals surface area contributed by atoms with E-state index in [2.05, 4.69) is 28.5 Å². The molecule has 0 saturated carbocycles. The van der Waals surface area contributed by atoms with Crippen LogP contribution in [0.4, 0.5) is 11.4 Å². The van der Waals surface area contributed by atoms with Gasteiger partial charge in [0.15, 0.2) is 0 Å². The van der Waals surface area contributed by atoms with Crippen molar-refractivity contribution in [2.45, 2.75) is 25.8 Å². The summed E-state index contributed by atoms with van der Waals surface area (Å²) in [5.41, 5.74) is 3.59. The Labute approximate surface area is 181 Å². The van der Waals surface area contributed by atoms with Gasteiger partial charge in [-0.3, -0.25) is 9.59 Å². The van der Waals surface area contributed by atoms with Gasteiger partial charge in [-0.15, -0.1) is 0 Å². The summed E-state index contributed by atoms with van der Waals surface area (Å²) in [6.07, 6.45) is 3.54. The van der Waals surface area contributed by atoms with Crippen molar-refractivity contribution in [3.63, 3.8) is 0 Å². The molecule has 3 rings (SSSR count). The Morgan fingerprint density at radius 2 is 2.03 bits per heavy atom. The molecule has 1 aliphatic heterocycles. The van der Waals surface area contributed by atoms with E-state index in [0.29, 0.717) is 17.0 Å². The number of amides is 2. The van der Waals surface area contributed by atoms with E-state index in [-0.39, 0.29) is 11.8 Å². The lowest BCUT2D eigenvalue weighted by Crippen LogP contribution is -2.44. The zero-order valence-electron chi connectivity index (χ0n) is 16.7. The number of hydrogen-bond acceptors (Lipinski definition) is 4. The van der Waals surface area contributed by atoms with E-state index in [9.17, 15) is 9.59 Å². The standard InChI is InChI=1S/C22H26ClN3O2S/c1-3-26-12-10-15-8-9-16(14-20(15)26)24-22(28)19(11-13-29-2)25-21(27)17-6-4-5-7-18(17)23/h4-9,14,19H,3,10-13H2,1-2H3,(H,24,28)(H,25,27). The molecule has 29 heavy (non-hydrogen) atoms. The van der Waals surface area contributed by atoms with Crippen LogP contribution in [0.2, 0.25) is 5.02 Å². The molecule has 154 valence electrons. The van der Waals surface area contributed by atoms with Gasteiger partial charge in [0.05, 0.1) is 10.6 Å². The molecule has 0 spiro atoms. The van der Waals surface area contributed by atoms with Crippen LogP contribution >= 0.6 is 23.4 Å². The summed E-state index contributed by atoms with van der Waals surface area (Å²) >= 11 is 7.76. The van der Waals surface area contributed by atoms with Crippen molar-refractivity contribution in [2.24, 2.45) is 0 Å². The Hall–Kier alpha value is -2.18. The number of anilines is 2. The lowest BCUT2D eigenvalue weighted by molar-refractivity contribution is -0.118. The minimum absolute atomic E-state index is 0.222. The van der Waals surface area contributed by atoms with Crippen molar-refractivity contribution in [1.82, 2.24) is 5.32 Å². The van der Waals surface area contributed by atoms with Crippen LogP contribution in [0.25, 0.3) is 0 Å². The first kappa shape index (κ1) is 21.5. The average molecular weight is 432 g/mol. The minimum Gasteiger partial charge on any atom is -0.371 e. The molecule has 1 aliphatic rings. The first-order valence-corrected chi connectivity index (χ1v) is 11.5. The third-order valence-corrected chi connectivity index (χ3v) is 6.05. The predicted molar refractivity (Wildman–Crippen MR) is 122 cm³/mol. The Bertz CT molecular complexity index is 890. The van der Waals surface area contributed by atoms with Gasteiger partial charge >= 0.3 is 0 Å². The molecule has 0 radical (unpaired) electrons. The number of likely N-dealkylation sites (N-methyl/N-ethyl adjacent to an activating group) is 1. The van der Waals surface area contributed by atoms with E-state index in [1.807, 2.05) is 18.4 Å². The van der Waals surface area contributed by atoms with Crippen LogP contribution < -0.4 is 15.5 Å². The molecule has 5 nitrogen and oxygen atoms in total. The first-order chi connectivity index (χ1) is 14.0. The summed E-state index contributed by atoms with van der Waals surface area (Å²) < 4.78 is 0. The highest BCUT2D eigenvalue weighted by Gasteiger charge is 2.23. The second kappa shape index (κ2) is 10.0. The van der Waals surface area contributed by atoms with Gasteiger partial charge in [-0.05, 0) is 61.6 Å². The molecule has 2 aromatic carbocycles. The molecule has 1 atom stereocenters. The van der Waals surface area contributed by atoms with Crippen molar-refractivity contribution < 1.29 is 9.59 Å². The van der Waals surface area contributed by atoms with Gasteiger partial charge in [0.25, 0.3) is 5.91 Å². The number of halogens is 1. The van der Waals surface area contributed by atoms with E-state index in [1.54, 1.807) is 36.0 Å². The third kappa shape index (κ3) is 5.25. The smallest absolute Gasteiger partial charge is 0.253 e. The molecule has 2 aromatic rings. The van der Waals surface area contributed by atoms with E-state index in [1.165, 1.54) is 11.3 Å². The van der Waals surface area contributed by atoms with E-state index in [4.69, 9.17) is 11.6 Å². The van der Waals surface area contributed by atoms with Gasteiger partial charge in [0.1, 0.15) is 6.04 Å². The van der Waals surface area contributed by atoms with Crippen LogP contribution in [0, 0.1) is 0 Å². The number of fused-ring (bicyclic) bond motifs is 1. The van der Waals surface area contributed by atoms with Crippen molar-refractivity contribution >= 4 is 46.6 Å². The van der Waals surface area contributed by atoms with Gasteiger partial charge < -0.3 is 15.5 Å².